The monoisotopic (exact) mass is 413 g/mol. The third-order valence-corrected chi connectivity index (χ3v) is 5.80. The number of aromatic nitrogens is 1. The highest BCUT2D eigenvalue weighted by Crippen LogP contribution is 2.26. The Kier molecular flexibility index (Phi) is 5.18. The predicted octanol–water partition coefficient (Wildman–Crippen LogP) is 3.28. The zero-order valence-electron chi connectivity index (χ0n) is 14.6. The van der Waals surface area contributed by atoms with Crippen LogP contribution in [0.2, 0.25) is 0 Å². The van der Waals surface area contributed by atoms with Crippen LogP contribution in [0.25, 0.3) is 10.6 Å². The number of imide groups is 1. The first-order chi connectivity index (χ1) is 13.6. The molecule has 3 amide bonds. The maximum atomic E-state index is 12.6. The van der Waals surface area contributed by atoms with Crippen molar-refractivity contribution in [3.63, 3.8) is 0 Å². The maximum Gasteiger partial charge on any atom is 0.338 e. The minimum atomic E-state index is -0.521. The Balaban J connectivity index is 1.44. The fourth-order valence-electron chi connectivity index (χ4n) is 2.75. The van der Waals surface area contributed by atoms with Gasteiger partial charge >= 0.3 is 12.0 Å². The number of carbonyl (C=O) groups excluding carboxylic acids is 3. The molecule has 3 heterocycles. The van der Waals surface area contributed by atoms with Crippen molar-refractivity contribution in [1.29, 1.82) is 0 Å². The van der Waals surface area contributed by atoms with Gasteiger partial charge in [0, 0.05) is 16.3 Å². The van der Waals surface area contributed by atoms with Gasteiger partial charge in [-0.3, -0.25) is 9.69 Å². The Morgan fingerprint density at radius 1 is 1.21 bits per heavy atom. The lowest BCUT2D eigenvalue weighted by Gasteiger charge is -2.15. The number of thiazole rings is 1. The number of esters is 1. The molecule has 1 saturated heterocycles. The van der Waals surface area contributed by atoms with E-state index in [2.05, 4.69) is 10.3 Å². The summed E-state index contributed by atoms with van der Waals surface area (Å²) in [5.41, 5.74) is 2.59. The number of carbonyl (C=O) groups is 3. The second kappa shape index (κ2) is 7.91. The number of ether oxygens (including phenoxy) is 1. The van der Waals surface area contributed by atoms with Crippen LogP contribution in [0.5, 0.6) is 0 Å². The van der Waals surface area contributed by atoms with Crippen LogP contribution in [0.15, 0.2) is 46.5 Å². The molecule has 0 saturated carbocycles. The lowest BCUT2D eigenvalue weighted by atomic mass is 10.1. The Morgan fingerprint density at radius 3 is 2.82 bits per heavy atom. The average Bonchev–Trinajstić information content (AvgIpc) is 3.44. The van der Waals surface area contributed by atoms with Crippen molar-refractivity contribution < 1.29 is 19.1 Å². The molecule has 0 radical (unpaired) electrons. The van der Waals surface area contributed by atoms with Gasteiger partial charge in [0.2, 0.25) is 5.91 Å². The van der Waals surface area contributed by atoms with Crippen LogP contribution in [0.1, 0.15) is 21.6 Å². The summed E-state index contributed by atoms with van der Waals surface area (Å²) in [7, 11) is 0. The number of rotatable bonds is 6. The molecule has 0 unspecified atom stereocenters. The first-order valence-electron chi connectivity index (χ1n) is 8.42. The SMILES string of the molecule is O=C(OCc1csc(-c2ccsc2)n1)c1ccccc1CN1C(=O)CNC1=O. The largest absolute Gasteiger partial charge is 0.456 e. The summed E-state index contributed by atoms with van der Waals surface area (Å²) in [4.78, 5) is 41.7. The number of urea groups is 1. The molecule has 1 N–H and O–H groups in total. The first-order valence-corrected chi connectivity index (χ1v) is 10.2. The van der Waals surface area contributed by atoms with E-state index in [4.69, 9.17) is 4.74 Å². The van der Waals surface area contributed by atoms with Gasteiger partial charge in [-0.25, -0.2) is 14.6 Å². The van der Waals surface area contributed by atoms with Crippen molar-refractivity contribution in [2.75, 3.05) is 6.54 Å². The standard InChI is InChI=1S/C19H15N3O4S2/c23-16-7-20-19(25)22(16)8-12-3-1-2-4-15(12)18(24)26-9-14-11-28-17(21-14)13-5-6-27-10-13/h1-6,10-11H,7-9H2,(H,20,25). The van der Waals surface area contributed by atoms with E-state index in [1.807, 2.05) is 22.2 Å². The van der Waals surface area contributed by atoms with Gasteiger partial charge in [0.05, 0.1) is 24.3 Å². The molecule has 3 aromatic rings. The van der Waals surface area contributed by atoms with Gasteiger partial charge in [-0.05, 0) is 23.1 Å². The van der Waals surface area contributed by atoms with Gasteiger partial charge in [-0.15, -0.1) is 11.3 Å². The fraction of sp³-hybridized carbons (Fsp3) is 0.158. The van der Waals surface area contributed by atoms with Gasteiger partial charge in [0.1, 0.15) is 11.6 Å². The van der Waals surface area contributed by atoms with Crippen LogP contribution in [-0.4, -0.2) is 34.3 Å². The zero-order valence-corrected chi connectivity index (χ0v) is 16.2. The molecule has 1 aliphatic rings. The summed E-state index contributed by atoms with van der Waals surface area (Å²) >= 11 is 3.09. The third-order valence-electron chi connectivity index (χ3n) is 4.17. The van der Waals surface area contributed by atoms with Gasteiger partial charge < -0.3 is 10.1 Å². The van der Waals surface area contributed by atoms with E-state index < -0.39 is 12.0 Å². The molecule has 7 nitrogen and oxygen atoms in total. The number of nitrogens with one attached hydrogen (secondary N) is 1. The summed E-state index contributed by atoms with van der Waals surface area (Å²) < 4.78 is 5.41. The summed E-state index contributed by atoms with van der Waals surface area (Å²) in [6.07, 6.45) is 0. The van der Waals surface area contributed by atoms with E-state index in [1.165, 1.54) is 11.3 Å². The van der Waals surface area contributed by atoms with E-state index in [0.717, 1.165) is 15.5 Å². The molecule has 4 rings (SSSR count). The predicted molar refractivity (Wildman–Crippen MR) is 105 cm³/mol. The molecule has 1 fully saturated rings. The number of nitrogens with zero attached hydrogens (tertiary/aromatic N) is 2. The normalized spacial score (nSPS) is 13.6. The van der Waals surface area contributed by atoms with Crippen LogP contribution in [0.4, 0.5) is 4.79 Å². The first kappa shape index (κ1) is 18.3. The third kappa shape index (κ3) is 3.80. The van der Waals surface area contributed by atoms with Crippen LogP contribution < -0.4 is 5.32 Å². The van der Waals surface area contributed by atoms with Crippen LogP contribution in [-0.2, 0) is 22.7 Å². The second-order valence-corrected chi connectivity index (χ2v) is 7.67. The Hall–Kier alpha value is -3.04. The van der Waals surface area contributed by atoms with E-state index in [0.29, 0.717) is 16.8 Å². The number of thiophene rings is 1. The van der Waals surface area contributed by atoms with Crippen molar-refractivity contribution in [2.45, 2.75) is 13.2 Å². The Morgan fingerprint density at radius 2 is 2.07 bits per heavy atom. The molecule has 0 aliphatic carbocycles. The summed E-state index contributed by atoms with van der Waals surface area (Å²) in [5, 5.41) is 9.20. The molecule has 0 spiro atoms. The number of benzene rings is 1. The molecule has 1 aliphatic heterocycles. The summed E-state index contributed by atoms with van der Waals surface area (Å²) in [5.74, 6) is -0.843. The summed E-state index contributed by atoms with van der Waals surface area (Å²) in [6.45, 7) is 0.0492. The summed E-state index contributed by atoms with van der Waals surface area (Å²) in [6, 6.07) is 8.31. The van der Waals surface area contributed by atoms with Gasteiger partial charge in [-0.2, -0.15) is 11.3 Å². The van der Waals surface area contributed by atoms with Crippen LogP contribution >= 0.6 is 22.7 Å². The molecule has 2 aromatic heterocycles. The molecule has 9 heteroatoms. The zero-order chi connectivity index (χ0) is 19.5. The highest BCUT2D eigenvalue weighted by Gasteiger charge is 2.29. The van der Waals surface area contributed by atoms with Crippen molar-refractivity contribution in [3.05, 3.63) is 63.3 Å². The highest BCUT2D eigenvalue weighted by atomic mass is 32.1. The molecular formula is C19H15N3O4S2. The molecule has 142 valence electrons. The van der Waals surface area contributed by atoms with Crippen molar-refractivity contribution in [3.8, 4) is 10.6 Å². The Bertz CT molecular complexity index is 1010. The van der Waals surface area contributed by atoms with Crippen LogP contribution in [0, 0.1) is 0 Å². The fourth-order valence-corrected chi connectivity index (χ4v) is 4.27. The second-order valence-electron chi connectivity index (χ2n) is 6.03. The topological polar surface area (TPSA) is 88.6 Å². The maximum absolute atomic E-state index is 12.6. The van der Waals surface area contributed by atoms with Crippen LogP contribution in [0.3, 0.4) is 0 Å². The minimum Gasteiger partial charge on any atom is -0.456 e. The van der Waals surface area contributed by atoms with Crippen molar-refractivity contribution in [2.24, 2.45) is 0 Å². The number of amides is 3. The van der Waals surface area contributed by atoms with Gasteiger partial charge in [-0.1, -0.05) is 18.2 Å². The number of hydrogen-bond acceptors (Lipinski definition) is 7. The van der Waals surface area contributed by atoms with E-state index in [9.17, 15) is 14.4 Å². The smallest absolute Gasteiger partial charge is 0.338 e. The van der Waals surface area contributed by atoms with E-state index in [1.54, 1.807) is 35.6 Å². The Labute approximate surface area is 168 Å². The minimum absolute atomic E-state index is 0.0228. The molecular weight excluding hydrogens is 398 g/mol. The molecule has 0 atom stereocenters. The quantitative estimate of drug-likeness (QED) is 0.495. The lowest BCUT2D eigenvalue weighted by molar-refractivity contribution is -0.125. The van der Waals surface area contributed by atoms with Crippen molar-refractivity contribution in [1.82, 2.24) is 15.2 Å². The van der Waals surface area contributed by atoms with Gasteiger partial charge in [0.25, 0.3) is 0 Å². The number of hydrogen-bond donors (Lipinski definition) is 1. The van der Waals surface area contributed by atoms with Crippen molar-refractivity contribution >= 4 is 40.6 Å². The van der Waals surface area contributed by atoms with Gasteiger partial charge in [0.15, 0.2) is 0 Å². The van der Waals surface area contributed by atoms with E-state index >= 15 is 0 Å². The molecule has 1 aromatic carbocycles. The average molecular weight is 413 g/mol. The molecule has 0 bridgehead atoms. The lowest BCUT2D eigenvalue weighted by Crippen LogP contribution is -2.31. The highest BCUT2D eigenvalue weighted by molar-refractivity contribution is 7.14. The van der Waals surface area contributed by atoms with E-state index in [-0.39, 0.29) is 25.6 Å². The molecule has 28 heavy (non-hydrogen) atoms.